The number of methoxy groups -OCH3 is 1. The molecular formula is C13H18FNO5S. The zero-order valence-corrected chi connectivity index (χ0v) is 12.9. The molecule has 0 unspecified atom stereocenters. The van der Waals surface area contributed by atoms with Crippen molar-refractivity contribution >= 4 is 16.0 Å². The van der Waals surface area contributed by atoms with Gasteiger partial charge in [-0.2, -0.15) is 0 Å². The van der Waals surface area contributed by atoms with Crippen LogP contribution in [-0.4, -0.2) is 46.0 Å². The molecule has 0 fully saturated rings. The van der Waals surface area contributed by atoms with Gasteiger partial charge in [0.05, 0.1) is 25.0 Å². The Hall–Kier alpha value is -1.67. The number of carbonyl (C=O) groups excluding carboxylic acids is 1. The zero-order valence-electron chi connectivity index (χ0n) is 12.1. The maximum absolute atomic E-state index is 13.6. The van der Waals surface area contributed by atoms with Gasteiger partial charge in [0.1, 0.15) is 0 Å². The van der Waals surface area contributed by atoms with Crippen LogP contribution in [0.4, 0.5) is 4.39 Å². The molecule has 0 saturated carbocycles. The highest BCUT2D eigenvalue weighted by Crippen LogP contribution is 2.22. The molecule has 0 heterocycles. The SMILES string of the molecule is CCOC(=O)CCN(C)S(=O)(=O)c1ccc(OC)c(F)c1. The molecule has 1 rings (SSSR count). The second-order valence-electron chi connectivity index (χ2n) is 4.18. The van der Waals surface area contributed by atoms with E-state index in [1.807, 2.05) is 0 Å². The van der Waals surface area contributed by atoms with Gasteiger partial charge in [-0.3, -0.25) is 4.79 Å². The van der Waals surface area contributed by atoms with Crippen LogP contribution >= 0.6 is 0 Å². The molecule has 0 radical (unpaired) electrons. The number of carbonyl (C=O) groups is 1. The Morgan fingerprint density at radius 2 is 2.05 bits per heavy atom. The lowest BCUT2D eigenvalue weighted by atomic mass is 10.3. The van der Waals surface area contributed by atoms with Crippen LogP contribution < -0.4 is 4.74 Å². The topological polar surface area (TPSA) is 72.9 Å². The minimum absolute atomic E-state index is 0.0388. The number of benzene rings is 1. The van der Waals surface area contributed by atoms with Gasteiger partial charge in [-0.15, -0.1) is 0 Å². The number of ether oxygens (including phenoxy) is 2. The predicted octanol–water partition coefficient (Wildman–Crippen LogP) is 1.41. The number of hydrogen-bond donors (Lipinski definition) is 0. The van der Waals surface area contributed by atoms with E-state index in [0.717, 1.165) is 10.4 Å². The van der Waals surface area contributed by atoms with Gasteiger partial charge in [-0.1, -0.05) is 0 Å². The summed E-state index contributed by atoms with van der Waals surface area (Å²) >= 11 is 0. The van der Waals surface area contributed by atoms with Gasteiger partial charge in [0, 0.05) is 13.6 Å². The molecule has 0 aliphatic heterocycles. The molecule has 0 N–H and O–H groups in total. The van der Waals surface area contributed by atoms with Crippen molar-refractivity contribution in [2.75, 3.05) is 27.3 Å². The third-order valence-electron chi connectivity index (χ3n) is 2.77. The van der Waals surface area contributed by atoms with E-state index in [4.69, 9.17) is 9.47 Å². The third kappa shape index (κ3) is 4.40. The fraction of sp³-hybridized carbons (Fsp3) is 0.462. The van der Waals surface area contributed by atoms with Crippen LogP contribution in [0.5, 0.6) is 5.75 Å². The standard InChI is InChI=1S/C13H18FNO5S/c1-4-20-13(16)7-8-15(2)21(17,18)10-5-6-12(19-3)11(14)9-10/h5-6,9H,4,7-8H2,1-3H3. The van der Waals surface area contributed by atoms with E-state index < -0.39 is 21.8 Å². The average Bonchev–Trinajstić information content (AvgIpc) is 2.44. The fourth-order valence-corrected chi connectivity index (χ4v) is 2.77. The van der Waals surface area contributed by atoms with Gasteiger partial charge in [0.2, 0.25) is 10.0 Å². The van der Waals surface area contributed by atoms with E-state index in [1.165, 1.54) is 26.3 Å². The lowest BCUT2D eigenvalue weighted by Gasteiger charge is -2.17. The van der Waals surface area contributed by atoms with Crippen LogP contribution in [0.15, 0.2) is 23.1 Å². The molecule has 0 spiro atoms. The van der Waals surface area contributed by atoms with Crippen LogP contribution in [0.2, 0.25) is 0 Å². The van der Waals surface area contributed by atoms with Crippen LogP contribution in [0.1, 0.15) is 13.3 Å². The van der Waals surface area contributed by atoms with Crippen molar-refractivity contribution in [3.8, 4) is 5.75 Å². The third-order valence-corrected chi connectivity index (χ3v) is 4.62. The number of halogens is 1. The van der Waals surface area contributed by atoms with E-state index in [0.29, 0.717) is 0 Å². The lowest BCUT2D eigenvalue weighted by Crippen LogP contribution is -2.29. The number of rotatable bonds is 7. The zero-order chi connectivity index (χ0) is 16.0. The molecule has 118 valence electrons. The summed E-state index contributed by atoms with van der Waals surface area (Å²) in [5, 5.41) is 0. The summed E-state index contributed by atoms with van der Waals surface area (Å²) in [6.45, 7) is 1.85. The van der Waals surface area contributed by atoms with Crippen LogP contribution in [0.3, 0.4) is 0 Å². The van der Waals surface area contributed by atoms with Gasteiger partial charge in [-0.05, 0) is 25.1 Å². The quantitative estimate of drug-likeness (QED) is 0.711. The maximum atomic E-state index is 13.6. The molecule has 0 aliphatic carbocycles. The van der Waals surface area contributed by atoms with Gasteiger partial charge in [0.25, 0.3) is 0 Å². The van der Waals surface area contributed by atoms with Crippen LogP contribution in [-0.2, 0) is 19.6 Å². The molecule has 0 bridgehead atoms. The average molecular weight is 319 g/mol. The molecular weight excluding hydrogens is 301 g/mol. The summed E-state index contributed by atoms with van der Waals surface area (Å²) in [4.78, 5) is 11.0. The van der Waals surface area contributed by atoms with E-state index in [2.05, 4.69) is 0 Å². The smallest absolute Gasteiger partial charge is 0.307 e. The molecule has 0 atom stereocenters. The minimum atomic E-state index is -3.87. The highest BCUT2D eigenvalue weighted by Gasteiger charge is 2.23. The van der Waals surface area contributed by atoms with Crippen molar-refractivity contribution in [2.45, 2.75) is 18.2 Å². The Bertz CT molecular complexity index is 603. The molecule has 0 saturated heterocycles. The van der Waals surface area contributed by atoms with Crippen LogP contribution in [0, 0.1) is 5.82 Å². The number of sulfonamides is 1. The van der Waals surface area contributed by atoms with Gasteiger partial charge < -0.3 is 9.47 Å². The number of nitrogens with zero attached hydrogens (tertiary/aromatic N) is 1. The summed E-state index contributed by atoms with van der Waals surface area (Å²) in [5.74, 6) is -1.29. The van der Waals surface area contributed by atoms with Crippen molar-refractivity contribution in [3.05, 3.63) is 24.0 Å². The first-order valence-electron chi connectivity index (χ1n) is 6.28. The molecule has 0 aliphatic rings. The molecule has 1 aromatic rings. The van der Waals surface area contributed by atoms with E-state index in [-0.39, 0.29) is 30.2 Å². The largest absolute Gasteiger partial charge is 0.494 e. The Kier molecular flexibility index (Phi) is 6.10. The van der Waals surface area contributed by atoms with E-state index >= 15 is 0 Å². The van der Waals surface area contributed by atoms with Crippen LogP contribution in [0.25, 0.3) is 0 Å². The highest BCUT2D eigenvalue weighted by molar-refractivity contribution is 7.89. The Morgan fingerprint density at radius 1 is 1.38 bits per heavy atom. The van der Waals surface area contributed by atoms with Gasteiger partial charge >= 0.3 is 5.97 Å². The van der Waals surface area contributed by atoms with Crippen molar-refractivity contribution < 1.29 is 27.1 Å². The Morgan fingerprint density at radius 3 is 2.57 bits per heavy atom. The first-order valence-corrected chi connectivity index (χ1v) is 7.72. The second kappa shape index (κ2) is 7.37. The monoisotopic (exact) mass is 319 g/mol. The summed E-state index contributed by atoms with van der Waals surface area (Å²) in [6.07, 6.45) is -0.0673. The Balaban J connectivity index is 2.85. The summed E-state index contributed by atoms with van der Waals surface area (Å²) in [7, 11) is -1.26. The van der Waals surface area contributed by atoms with Crippen molar-refractivity contribution in [2.24, 2.45) is 0 Å². The minimum Gasteiger partial charge on any atom is -0.494 e. The van der Waals surface area contributed by atoms with Gasteiger partial charge in [-0.25, -0.2) is 17.1 Å². The normalized spacial score (nSPS) is 11.5. The molecule has 0 amide bonds. The maximum Gasteiger partial charge on any atom is 0.307 e. The summed E-state index contributed by atoms with van der Waals surface area (Å²) in [6, 6.07) is 3.37. The molecule has 21 heavy (non-hydrogen) atoms. The van der Waals surface area contributed by atoms with Gasteiger partial charge in [0.15, 0.2) is 11.6 Å². The van der Waals surface area contributed by atoms with E-state index in [9.17, 15) is 17.6 Å². The van der Waals surface area contributed by atoms with E-state index in [1.54, 1.807) is 6.92 Å². The summed E-state index contributed by atoms with van der Waals surface area (Å²) < 4.78 is 48.5. The number of esters is 1. The lowest BCUT2D eigenvalue weighted by molar-refractivity contribution is -0.143. The number of hydrogen-bond acceptors (Lipinski definition) is 5. The second-order valence-corrected chi connectivity index (χ2v) is 6.22. The van der Waals surface area contributed by atoms with Crippen molar-refractivity contribution in [3.63, 3.8) is 0 Å². The van der Waals surface area contributed by atoms with Crippen molar-refractivity contribution in [1.29, 1.82) is 0 Å². The molecule has 8 heteroatoms. The first kappa shape index (κ1) is 17.4. The fourth-order valence-electron chi connectivity index (χ4n) is 1.59. The molecule has 1 aromatic carbocycles. The summed E-state index contributed by atoms with van der Waals surface area (Å²) in [5.41, 5.74) is 0. The first-order chi connectivity index (χ1) is 9.82. The predicted molar refractivity (Wildman–Crippen MR) is 74.0 cm³/mol. The molecule has 0 aromatic heterocycles. The molecule has 6 nitrogen and oxygen atoms in total. The van der Waals surface area contributed by atoms with Crippen molar-refractivity contribution in [1.82, 2.24) is 4.31 Å². The highest BCUT2D eigenvalue weighted by atomic mass is 32.2. The Labute approximate surface area is 123 Å².